The first-order valence-corrected chi connectivity index (χ1v) is 7.18. The van der Waals surface area contributed by atoms with E-state index in [2.05, 4.69) is 43.0 Å². The van der Waals surface area contributed by atoms with E-state index in [4.69, 9.17) is 0 Å². The van der Waals surface area contributed by atoms with E-state index in [1.54, 1.807) is 0 Å². The molecule has 1 aliphatic heterocycles. The minimum atomic E-state index is -0.487. The topological polar surface area (TPSA) is 23.5 Å². The van der Waals surface area contributed by atoms with Gasteiger partial charge in [0.05, 0.1) is 5.60 Å². The molecule has 0 radical (unpaired) electrons. The molecule has 0 aromatic heterocycles. The number of nitrogens with zero attached hydrogens (tertiary/aromatic N) is 1. The lowest BCUT2D eigenvalue weighted by Crippen LogP contribution is -2.45. The van der Waals surface area contributed by atoms with Crippen LogP contribution < -0.4 is 0 Å². The van der Waals surface area contributed by atoms with Crippen LogP contribution in [0.3, 0.4) is 0 Å². The molecule has 2 heteroatoms. The van der Waals surface area contributed by atoms with Crippen molar-refractivity contribution in [1.82, 2.24) is 4.90 Å². The molecule has 0 bridgehead atoms. The Morgan fingerprint density at radius 1 is 1.06 bits per heavy atom. The van der Waals surface area contributed by atoms with Gasteiger partial charge in [-0.3, -0.25) is 0 Å². The molecule has 0 unspecified atom stereocenters. The first-order valence-electron chi connectivity index (χ1n) is 7.18. The Labute approximate surface area is 111 Å². The molecule has 1 N–H and O–H groups in total. The molecule has 18 heavy (non-hydrogen) atoms. The quantitative estimate of drug-likeness (QED) is 0.884. The summed E-state index contributed by atoms with van der Waals surface area (Å²) in [5, 5.41) is 10.6. The summed E-state index contributed by atoms with van der Waals surface area (Å²) < 4.78 is 0. The number of hydrogen-bond acceptors (Lipinski definition) is 2. The molecule has 1 heterocycles. The number of aliphatic hydroxyl groups is 1. The summed E-state index contributed by atoms with van der Waals surface area (Å²) in [6, 6.07) is 8.70. The molecule has 1 saturated heterocycles. The number of likely N-dealkylation sites (tertiary alicyclic amines) is 1. The Morgan fingerprint density at radius 2 is 1.61 bits per heavy atom. The highest BCUT2D eigenvalue weighted by Gasteiger charge is 2.31. The van der Waals surface area contributed by atoms with Crippen molar-refractivity contribution in [2.75, 3.05) is 19.6 Å². The average molecular weight is 247 g/mol. The molecule has 1 aliphatic rings. The van der Waals surface area contributed by atoms with Crippen molar-refractivity contribution >= 4 is 0 Å². The molecule has 2 rings (SSSR count). The Morgan fingerprint density at radius 3 is 2.11 bits per heavy atom. The Kier molecular flexibility index (Phi) is 4.41. The SMILES string of the molecule is CCc1ccc(CC2(O)CCN(CC)CC2)cc1. The van der Waals surface area contributed by atoms with E-state index in [1.807, 2.05) is 0 Å². The van der Waals surface area contributed by atoms with Crippen LogP contribution in [0.2, 0.25) is 0 Å². The van der Waals surface area contributed by atoms with Crippen molar-refractivity contribution in [3.8, 4) is 0 Å². The molecule has 1 fully saturated rings. The zero-order valence-corrected chi connectivity index (χ0v) is 11.7. The second-order valence-electron chi connectivity index (χ2n) is 5.51. The fraction of sp³-hybridized carbons (Fsp3) is 0.625. The van der Waals surface area contributed by atoms with Gasteiger partial charge < -0.3 is 10.0 Å². The van der Waals surface area contributed by atoms with E-state index in [0.29, 0.717) is 0 Å². The molecule has 0 atom stereocenters. The molecule has 0 amide bonds. The number of rotatable bonds is 4. The van der Waals surface area contributed by atoms with Crippen molar-refractivity contribution in [3.63, 3.8) is 0 Å². The van der Waals surface area contributed by atoms with Crippen LogP contribution in [0.1, 0.15) is 37.8 Å². The van der Waals surface area contributed by atoms with Gasteiger partial charge in [0, 0.05) is 19.5 Å². The maximum absolute atomic E-state index is 10.6. The van der Waals surface area contributed by atoms with Gasteiger partial charge in [0.1, 0.15) is 0 Å². The van der Waals surface area contributed by atoms with E-state index in [0.717, 1.165) is 45.3 Å². The molecular weight excluding hydrogens is 222 g/mol. The molecular formula is C16H25NO. The van der Waals surface area contributed by atoms with Gasteiger partial charge in [-0.25, -0.2) is 0 Å². The van der Waals surface area contributed by atoms with Gasteiger partial charge in [0.15, 0.2) is 0 Å². The van der Waals surface area contributed by atoms with Gasteiger partial charge in [-0.2, -0.15) is 0 Å². The predicted molar refractivity (Wildman–Crippen MR) is 75.8 cm³/mol. The van der Waals surface area contributed by atoms with Crippen molar-refractivity contribution in [1.29, 1.82) is 0 Å². The van der Waals surface area contributed by atoms with Gasteiger partial charge >= 0.3 is 0 Å². The highest BCUT2D eigenvalue weighted by Crippen LogP contribution is 2.26. The predicted octanol–water partition coefficient (Wildman–Crippen LogP) is 2.64. The number of hydrogen-bond donors (Lipinski definition) is 1. The van der Waals surface area contributed by atoms with Crippen LogP contribution in [-0.2, 0) is 12.8 Å². The van der Waals surface area contributed by atoms with Gasteiger partial charge in [-0.05, 0) is 36.9 Å². The summed E-state index contributed by atoms with van der Waals surface area (Å²) >= 11 is 0. The van der Waals surface area contributed by atoms with Crippen LogP contribution in [0.4, 0.5) is 0 Å². The molecule has 100 valence electrons. The summed E-state index contributed by atoms with van der Waals surface area (Å²) in [6.07, 6.45) is 3.68. The number of aryl methyl sites for hydroxylation is 1. The van der Waals surface area contributed by atoms with Crippen molar-refractivity contribution in [3.05, 3.63) is 35.4 Å². The molecule has 1 aromatic rings. The zero-order chi connectivity index (χ0) is 13.0. The molecule has 1 aromatic carbocycles. The minimum absolute atomic E-state index is 0.487. The summed E-state index contributed by atoms with van der Waals surface area (Å²) in [7, 11) is 0. The summed E-state index contributed by atoms with van der Waals surface area (Å²) in [6.45, 7) is 7.51. The van der Waals surface area contributed by atoms with Gasteiger partial charge in [-0.15, -0.1) is 0 Å². The Hall–Kier alpha value is -0.860. The van der Waals surface area contributed by atoms with Gasteiger partial charge in [0.2, 0.25) is 0 Å². The fourth-order valence-corrected chi connectivity index (χ4v) is 2.74. The van der Waals surface area contributed by atoms with E-state index in [-0.39, 0.29) is 0 Å². The van der Waals surface area contributed by atoms with Crippen LogP contribution in [0.15, 0.2) is 24.3 Å². The largest absolute Gasteiger partial charge is 0.389 e. The standard InChI is InChI=1S/C16H25NO/c1-3-14-5-7-15(8-6-14)13-16(18)9-11-17(4-2)12-10-16/h5-8,18H,3-4,9-13H2,1-2H3. The van der Waals surface area contributed by atoms with E-state index in [9.17, 15) is 5.11 Å². The summed E-state index contributed by atoms with van der Waals surface area (Å²) in [5.41, 5.74) is 2.14. The van der Waals surface area contributed by atoms with Gasteiger partial charge in [-0.1, -0.05) is 38.1 Å². The molecule has 2 nitrogen and oxygen atoms in total. The highest BCUT2D eigenvalue weighted by molar-refractivity contribution is 5.24. The van der Waals surface area contributed by atoms with E-state index < -0.39 is 5.60 Å². The van der Waals surface area contributed by atoms with Crippen LogP contribution in [0.25, 0.3) is 0 Å². The number of piperidine rings is 1. The monoisotopic (exact) mass is 247 g/mol. The molecule has 0 spiro atoms. The first kappa shape index (κ1) is 13.6. The van der Waals surface area contributed by atoms with E-state index >= 15 is 0 Å². The smallest absolute Gasteiger partial charge is 0.0712 e. The first-order chi connectivity index (χ1) is 8.65. The molecule has 0 aliphatic carbocycles. The van der Waals surface area contributed by atoms with Crippen molar-refractivity contribution < 1.29 is 5.11 Å². The zero-order valence-electron chi connectivity index (χ0n) is 11.7. The van der Waals surface area contributed by atoms with Crippen LogP contribution >= 0.6 is 0 Å². The Balaban J connectivity index is 1.95. The summed E-state index contributed by atoms with van der Waals surface area (Å²) in [4.78, 5) is 2.41. The lowest BCUT2D eigenvalue weighted by molar-refractivity contribution is -0.0194. The lowest BCUT2D eigenvalue weighted by atomic mass is 9.85. The third-order valence-corrected chi connectivity index (χ3v) is 4.20. The van der Waals surface area contributed by atoms with Crippen LogP contribution in [0, 0.1) is 0 Å². The van der Waals surface area contributed by atoms with Crippen LogP contribution in [0.5, 0.6) is 0 Å². The minimum Gasteiger partial charge on any atom is -0.389 e. The third-order valence-electron chi connectivity index (χ3n) is 4.20. The second kappa shape index (κ2) is 5.85. The fourth-order valence-electron chi connectivity index (χ4n) is 2.74. The van der Waals surface area contributed by atoms with Gasteiger partial charge in [0.25, 0.3) is 0 Å². The third kappa shape index (κ3) is 3.33. The number of benzene rings is 1. The second-order valence-corrected chi connectivity index (χ2v) is 5.51. The van der Waals surface area contributed by atoms with Crippen molar-refractivity contribution in [2.45, 2.75) is 45.1 Å². The summed E-state index contributed by atoms with van der Waals surface area (Å²) in [5.74, 6) is 0. The maximum Gasteiger partial charge on any atom is 0.0712 e. The lowest BCUT2D eigenvalue weighted by Gasteiger charge is -2.38. The maximum atomic E-state index is 10.6. The Bertz CT molecular complexity index is 363. The van der Waals surface area contributed by atoms with Crippen LogP contribution in [-0.4, -0.2) is 35.2 Å². The highest BCUT2D eigenvalue weighted by atomic mass is 16.3. The normalized spacial score (nSPS) is 19.9. The van der Waals surface area contributed by atoms with Crippen molar-refractivity contribution in [2.24, 2.45) is 0 Å². The average Bonchev–Trinajstić information content (AvgIpc) is 2.40. The molecule has 0 saturated carbocycles. The van der Waals surface area contributed by atoms with E-state index in [1.165, 1.54) is 11.1 Å².